The first-order valence-electron chi connectivity index (χ1n) is 49.5. The van der Waals surface area contributed by atoms with Gasteiger partial charge in [0, 0.05) is 22.3 Å². The first kappa shape index (κ1) is 102. The summed E-state index contributed by atoms with van der Waals surface area (Å²) >= 11 is 0. The molecule has 752 valence electrons. The van der Waals surface area contributed by atoms with E-state index in [-0.39, 0.29) is 10.8 Å². The van der Waals surface area contributed by atoms with Gasteiger partial charge in [-0.25, -0.2) is 19.2 Å². The summed E-state index contributed by atoms with van der Waals surface area (Å²) < 4.78 is 55.5. The average molecular weight is 1980 g/mol. The smallest absolute Gasteiger partial charge is 0.412 e. The van der Waals surface area contributed by atoms with Gasteiger partial charge in [-0.05, 0) is 210 Å². The minimum Gasteiger partial charge on any atom is -0.498 e. The van der Waals surface area contributed by atoms with E-state index >= 15 is 0 Å². The number of aromatic nitrogens is 4. The lowest BCUT2D eigenvalue weighted by Gasteiger charge is -2.19. The number of amides is 4. The van der Waals surface area contributed by atoms with Crippen LogP contribution in [0.5, 0.6) is 0 Å². The van der Waals surface area contributed by atoms with Gasteiger partial charge in [-0.1, -0.05) is 349 Å². The molecule has 6 N–H and O–H groups in total. The Kier molecular flexibility index (Phi) is 30.9. The van der Waals surface area contributed by atoms with Gasteiger partial charge in [-0.3, -0.25) is 30.9 Å². The van der Waals surface area contributed by atoms with Crippen LogP contribution in [-0.4, -0.2) is 80.4 Å². The molecule has 4 aromatic heterocycles. The number of aliphatic carboxylic acids is 2. The molecule has 12 aromatic carbocycles. The lowest BCUT2D eigenvalue weighted by molar-refractivity contribution is -0.140. The van der Waals surface area contributed by atoms with Gasteiger partial charge in [0.15, 0.2) is 23.0 Å². The standard InChI is InChI=1S/2C32H32N2O4.2C29H26N2O5/c1-5-36-23(4)32(19-20-32)28-17-15-26(16-18-28)25-11-13-27(14-12-25)30-29(21(2)34-38-30)33-31(35)37-22(3)24-9-7-6-8-10-24;1-5-36-23(4)32(19-20-32)28-17-15-26(16-18-28)25-11-13-27(14-12-25)30-29(22(3)38-34-30)33-31(35)37-21(2)24-9-7-6-8-10-24;1-18-25(30-28(34)35-19(2)20-8-4-3-5-9-20)26(36-31-18)22-14-12-21(13-15-22)23-10-6-7-11-24(23)29(16-17-29)27(32)33;1-18(20-8-4-3-5-9-20)35-28(34)30-25-19(2)36-31-26(25)22-14-12-21(13-15-22)23-10-6-7-11-24(23)29(16-17-29)27(32)33/h6-18,22H,4-5,19-20H2,1-3H3,(H,33,35);6-18,21H,4-5,19-20H2,1-3H3,(H,33,35);3-15,19H,16-17H2,1-2H3,(H,30,34)(H,32,33);3-15,18H,16-17H2,1-2H3,(H,30,34)(H,32,33)/t22-;21-;19-;18-/m1111/s1. The molecule has 4 aliphatic rings. The second-order valence-corrected chi connectivity index (χ2v) is 37.4. The normalized spacial score (nSPS) is 14.5. The largest absolute Gasteiger partial charge is 0.498 e. The van der Waals surface area contributed by atoms with Gasteiger partial charge in [0.05, 0.1) is 46.4 Å². The molecule has 0 radical (unpaired) electrons. The van der Waals surface area contributed by atoms with E-state index in [0.717, 1.165) is 137 Å². The summed E-state index contributed by atoms with van der Waals surface area (Å²) in [6.07, 6.45) is 2.91. The van der Waals surface area contributed by atoms with Gasteiger partial charge in [0.1, 0.15) is 69.9 Å². The van der Waals surface area contributed by atoms with Crippen molar-refractivity contribution in [2.75, 3.05) is 34.5 Å². The zero-order valence-electron chi connectivity index (χ0n) is 84.0. The third kappa shape index (κ3) is 22.9. The van der Waals surface area contributed by atoms with E-state index < -0.39 is 71.6 Å². The van der Waals surface area contributed by atoms with E-state index in [9.17, 15) is 39.0 Å². The molecule has 26 heteroatoms. The number of hydrogen-bond donors (Lipinski definition) is 6. The molecule has 4 atom stereocenters. The van der Waals surface area contributed by atoms with Crippen molar-refractivity contribution in [2.45, 2.75) is 167 Å². The van der Waals surface area contributed by atoms with Gasteiger partial charge in [0.2, 0.25) is 0 Å². The summed E-state index contributed by atoms with van der Waals surface area (Å²) in [7, 11) is 0. The number of carbonyl (C=O) groups is 6. The zero-order chi connectivity index (χ0) is 104. The van der Waals surface area contributed by atoms with Gasteiger partial charge < -0.3 is 56.7 Å². The van der Waals surface area contributed by atoms with E-state index in [4.69, 9.17) is 46.5 Å². The van der Waals surface area contributed by atoms with Crippen molar-refractivity contribution in [3.05, 3.63) is 408 Å². The van der Waals surface area contributed by atoms with Crippen LogP contribution in [0.15, 0.2) is 358 Å². The van der Waals surface area contributed by atoms with Crippen molar-refractivity contribution in [1.29, 1.82) is 0 Å². The van der Waals surface area contributed by atoms with Crippen LogP contribution in [0.25, 0.3) is 89.7 Å². The second-order valence-electron chi connectivity index (χ2n) is 37.4. The highest BCUT2D eigenvalue weighted by Gasteiger charge is 2.54. The molecule has 0 spiro atoms. The molecule has 0 unspecified atom stereocenters. The predicted octanol–water partition coefficient (Wildman–Crippen LogP) is 29.9. The maximum Gasteiger partial charge on any atom is 0.412 e. The highest BCUT2D eigenvalue weighted by molar-refractivity contribution is 5.96. The summed E-state index contributed by atoms with van der Waals surface area (Å²) in [6, 6.07) is 102. The van der Waals surface area contributed by atoms with Gasteiger partial charge >= 0.3 is 36.3 Å². The van der Waals surface area contributed by atoms with E-state index in [0.29, 0.717) is 107 Å². The summed E-state index contributed by atoms with van der Waals surface area (Å²) in [4.78, 5) is 74.3. The summed E-state index contributed by atoms with van der Waals surface area (Å²) in [5.74, 6) is 2.03. The molecule has 20 rings (SSSR count). The quantitative estimate of drug-likeness (QED) is 0.0168. The molecule has 4 aliphatic carbocycles. The topological polar surface area (TPSA) is 350 Å². The third-order valence-corrected chi connectivity index (χ3v) is 27.8. The molecular formula is C122H116N8O18. The number of rotatable bonds is 32. The summed E-state index contributed by atoms with van der Waals surface area (Å²) in [5.41, 5.74) is 21.2. The molecule has 4 heterocycles. The van der Waals surface area contributed by atoms with E-state index in [1.807, 2.05) is 308 Å². The van der Waals surface area contributed by atoms with Crippen molar-refractivity contribution >= 4 is 59.1 Å². The van der Waals surface area contributed by atoms with Gasteiger partial charge in [0.25, 0.3) is 0 Å². The molecule has 148 heavy (non-hydrogen) atoms. The van der Waals surface area contributed by atoms with Crippen molar-refractivity contribution in [3.63, 3.8) is 0 Å². The number of carboxylic acid groups (broad SMARTS) is 2. The fourth-order valence-corrected chi connectivity index (χ4v) is 18.5. The van der Waals surface area contributed by atoms with Crippen LogP contribution < -0.4 is 21.3 Å². The minimum atomic E-state index is -0.800. The fraction of sp³-hybridized carbons (Fsp3) is 0.230. The summed E-state index contributed by atoms with van der Waals surface area (Å²) in [5, 5.41) is 47.2. The number of carboxylic acids is 2. The van der Waals surface area contributed by atoms with Gasteiger partial charge in [-0.2, -0.15) is 0 Å². The Morgan fingerprint density at radius 2 is 0.547 bits per heavy atom. The van der Waals surface area contributed by atoms with Crippen LogP contribution in [0.4, 0.5) is 41.9 Å². The number of carbonyl (C=O) groups excluding carboxylic acids is 4. The monoisotopic (exact) mass is 1980 g/mol. The summed E-state index contributed by atoms with van der Waals surface area (Å²) in [6.45, 7) is 27.9. The first-order chi connectivity index (χ1) is 71.6. The van der Waals surface area contributed by atoms with Crippen LogP contribution in [-0.2, 0) is 59.7 Å². The van der Waals surface area contributed by atoms with Crippen LogP contribution >= 0.6 is 0 Å². The second kappa shape index (κ2) is 44.8. The molecule has 4 amide bonds. The zero-order valence-corrected chi connectivity index (χ0v) is 84.0. The van der Waals surface area contributed by atoms with E-state index in [1.165, 1.54) is 11.1 Å². The number of ether oxygens (including phenoxy) is 6. The van der Waals surface area contributed by atoms with Crippen molar-refractivity contribution < 1.29 is 85.5 Å². The molecule has 26 nitrogen and oxygen atoms in total. The highest BCUT2D eigenvalue weighted by atomic mass is 16.6. The van der Waals surface area contributed by atoms with Crippen LogP contribution in [0.1, 0.15) is 185 Å². The minimum absolute atomic E-state index is 0.0351. The Balaban J connectivity index is 0.000000135. The Labute approximate surface area is 858 Å². The maximum atomic E-state index is 12.6. The predicted molar refractivity (Wildman–Crippen MR) is 569 cm³/mol. The number of aryl methyl sites for hydroxylation is 4. The van der Waals surface area contributed by atoms with E-state index in [2.05, 4.69) is 104 Å². The van der Waals surface area contributed by atoms with Crippen LogP contribution in [0.3, 0.4) is 0 Å². The Morgan fingerprint density at radius 1 is 0.304 bits per heavy atom. The number of nitrogens with zero attached hydrogens (tertiary/aromatic N) is 4. The van der Waals surface area contributed by atoms with Crippen molar-refractivity contribution in [3.8, 4) is 89.7 Å². The maximum absolute atomic E-state index is 12.6. The van der Waals surface area contributed by atoms with Crippen molar-refractivity contribution in [2.24, 2.45) is 0 Å². The van der Waals surface area contributed by atoms with Crippen LogP contribution in [0.2, 0.25) is 0 Å². The third-order valence-electron chi connectivity index (χ3n) is 27.8. The van der Waals surface area contributed by atoms with Crippen molar-refractivity contribution in [1.82, 2.24) is 20.6 Å². The van der Waals surface area contributed by atoms with Crippen LogP contribution in [0, 0.1) is 27.7 Å². The Bertz CT molecular complexity index is 6970. The number of allylic oxidation sites excluding steroid dienone is 2. The lowest BCUT2D eigenvalue weighted by atomic mass is 9.88. The Hall–Kier alpha value is -17.4. The highest BCUT2D eigenvalue weighted by Crippen LogP contribution is 2.57. The molecule has 0 aliphatic heterocycles. The molecule has 16 aromatic rings. The first-order valence-corrected chi connectivity index (χ1v) is 49.5. The number of nitrogens with one attached hydrogen (secondary N) is 4. The number of hydrogen-bond acceptors (Lipinski definition) is 20. The number of benzene rings is 12. The van der Waals surface area contributed by atoms with Gasteiger partial charge in [-0.15, -0.1) is 0 Å². The molecule has 4 fully saturated rings. The lowest BCUT2D eigenvalue weighted by Crippen LogP contribution is -2.20. The Morgan fingerprint density at radius 3 is 0.818 bits per heavy atom. The fourth-order valence-electron chi connectivity index (χ4n) is 18.5. The SMILES string of the molecule is C=C(OCC)C1(c2ccc(-c3ccc(-c4noc(C)c4NC(=O)O[C@H](C)c4ccccc4)cc3)cc2)CC1.C=C(OCC)C1(c2ccc(-c3ccc(-c4onc(C)c4NC(=O)O[C@H](C)c4ccccc4)cc3)cc2)CC1.Cc1noc(-c2ccc(-c3ccccc3C3(C(=O)O)CC3)cc2)c1NC(=O)O[C@H](C)c1ccccc1.Cc1onc(-c2ccc(-c3ccccc3C3(C(=O)O)CC3)cc2)c1NC(=O)O[C@H](C)c1ccccc1. The molecular weight excluding hydrogens is 1870 g/mol. The molecule has 0 saturated heterocycles. The molecule has 0 bridgehead atoms. The molecule has 4 saturated carbocycles. The average Bonchev–Trinajstić information content (AvgIpc) is 1.64. The van der Waals surface area contributed by atoms with E-state index in [1.54, 1.807) is 27.7 Å². The number of anilines is 4.